The Kier molecular flexibility index (Phi) is 8.62. The molecule has 1 unspecified atom stereocenters. The highest BCUT2D eigenvalue weighted by atomic mass is 35.5. The number of carbonyl (C=O) groups excluding carboxylic acids is 2. The lowest BCUT2D eigenvalue weighted by Gasteiger charge is -2.19. The van der Waals surface area contributed by atoms with Gasteiger partial charge in [-0.2, -0.15) is 0 Å². The number of amides is 2. The highest BCUT2D eigenvalue weighted by Gasteiger charge is 2.21. The standard InChI is InChI=1S/C24H26ClN3O2S/c1-17-16-31-22(27-17)9-5-6-14-26-24(30)21(15-18-7-3-2-4-8-18)28-23(29)19-10-12-20(25)13-11-19/h2-4,7-8,10-13,16,21H,5-6,9,14-15H2,1H3,(H,26,30)(H,28,29). The van der Waals surface area contributed by atoms with Crippen LogP contribution in [0, 0.1) is 6.92 Å². The molecule has 5 nitrogen and oxygen atoms in total. The van der Waals surface area contributed by atoms with Crippen LogP contribution in [0.4, 0.5) is 0 Å². The second kappa shape index (κ2) is 11.6. The Morgan fingerprint density at radius 2 is 1.81 bits per heavy atom. The van der Waals surface area contributed by atoms with Crippen molar-refractivity contribution in [2.24, 2.45) is 0 Å². The van der Waals surface area contributed by atoms with E-state index in [9.17, 15) is 9.59 Å². The summed E-state index contributed by atoms with van der Waals surface area (Å²) in [5.41, 5.74) is 2.50. The van der Waals surface area contributed by atoms with Crippen LogP contribution in [0.3, 0.4) is 0 Å². The maximum Gasteiger partial charge on any atom is 0.251 e. The molecule has 2 amide bonds. The van der Waals surface area contributed by atoms with Gasteiger partial charge in [-0.1, -0.05) is 41.9 Å². The minimum absolute atomic E-state index is 0.184. The van der Waals surface area contributed by atoms with Crippen molar-refractivity contribution >= 4 is 34.8 Å². The molecule has 162 valence electrons. The van der Waals surface area contributed by atoms with Crippen LogP contribution >= 0.6 is 22.9 Å². The number of rotatable bonds is 10. The van der Waals surface area contributed by atoms with E-state index in [1.165, 1.54) is 0 Å². The summed E-state index contributed by atoms with van der Waals surface area (Å²) >= 11 is 7.58. The maximum atomic E-state index is 12.8. The molecule has 2 aromatic carbocycles. The fourth-order valence-corrected chi connectivity index (χ4v) is 4.10. The molecule has 0 aliphatic rings. The van der Waals surface area contributed by atoms with E-state index in [4.69, 9.17) is 11.6 Å². The Bertz CT molecular complexity index is 990. The van der Waals surface area contributed by atoms with Crippen molar-refractivity contribution < 1.29 is 9.59 Å². The van der Waals surface area contributed by atoms with Crippen molar-refractivity contribution in [3.63, 3.8) is 0 Å². The van der Waals surface area contributed by atoms with Gasteiger partial charge in [-0.15, -0.1) is 11.3 Å². The number of aromatic nitrogens is 1. The zero-order chi connectivity index (χ0) is 22.1. The van der Waals surface area contributed by atoms with Crippen LogP contribution in [0.1, 0.15) is 39.5 Å². The lowest BCUT2D eigenvalue weighted by molar-refractivity contribution is -0.122. The average Bonchev–Trinajstić information content (AvgIpc) is 3.19. The predicted octanol–water partition coefficient (Wildman–Crippen LogP) is 4.59. The molecular formula is C24H26ClN3O2S. The van der Waals surface area contributed by atoms with E-state index in [1.54, 1.807) is 35.6 Å². The summed E-state index contributed by atoms with van der Waals surface area (Å²) in [7, 11) is 0. The van der Waals surface area contributed by atoms with Crippen molar-refractivity contribution in [1.29, 1.82) is 0 Å². The van der Waals surface area contributed by atoms with Crippen LogP contribution in [0.5, 0.6) is 0 Å². The molecular weight excluding hydrogens is 430 g/mol. The van der Waals surface area contributed by atoms with Gasteiger partial charge in [0, 0.05) is 34.6 Å². The quantitative estimate of drug-likeness (QED) is 0.439. The van der Waals surface area contributed by atoms with Crippen molar-refractivity contribution in [2.75, 3.05) is 6.54 Å². The van der Waals surface area contributed by atoms with E-state index in [-0.39, 0.29) is 11.8 Å². The van der Waals surface area contributed by atoms with Gasteiger partial charge >= 0.3 is 0 Å². The molecule has 1 atom stereocenters. The third-order valence-electron chi connectivity index (χ3n) is 4.79. The van der Waals surface area contributed by atoms with Gasteiger partial charge in [-0.05, 0) is 56.0 Å². The van der Waals surface area contributed by atoms with Gasteiger partial charge in [0.1, 0.15) is 6.04 Å². The van der Waals surface area contributed by atoms with Gasteiger partial charge in [0.2, 0.25) is 5.91 Å². The Morgan fingerprint density at radius 3 is 2.48 bits per heavy atom. The molecule has 0 saturated carbocycles. The predicted molar refractivity (Wildman–Crippen MR) is 126 cm³/mol. The minimum atomic E-state index is -0.660. The first-order chi connectivity index (χ1) is 15.0. The summed E-state index contributed by atoms with van der Waals surface area (Å²) in [6, 6.07) is 15.6. The Labute approximate surface area is 191 Å². The molecule has 0 spiro atoms. The third-order valence-corrected chi connectivity index (χ3v) is 6.07. The number of nitrogens with zero attached hydrogens (tertiary/aromatic N) is 1. The van der Waals surface area contributed by atoms with Crippen molar-refractivity contribution in [3.8, 4) is 0 Å². The van der Waals surface area contributed by atoms with E-state index in [1.807, 2.05) is 37.3 Å². The minimum Gasteiger partial charge on any atom is -0.354 e. The topological polar surface area (TPSA) is 71.1 Å². The summed E-state index contributed by atoms with van der Waals surface area (Å²) in [4.78, 5) is 30.0. The van der Waals surface area contributed by atoms with Crippen LogP contribution in [0.2, 0.25) is 5.02 Å². The number of benzene rings is 2. The highest BCUT2D eigenvalue weighted by Crippen LogP contribution is 2.12. The number of unbranched alkanes of at least 4 members (excludes halogenated alkanes) is 1. The molecule has 0 fully saturated rings. The molecule has 3 rings (SSSR count). The fraction of sp³-hybridized carbons (Fsp3) is 0.292. The van der Waals surface area contributed by atoms with Gasteiger partial charge in [-0.25, -0.2) is 4.98 Å². The number of hydrogen-bond donors (Lipinski definition) is 2. The van der Waals surface area contributed by atoms with E-state index in [0.717, 1.165) is 35.5 Å². The van der Waals surface area contributed by atoms with Gasteiger partial charge in [0.05, 0.1) is 5.01 Å². The summed E-state index contributed by atoms with van der Waals surface area (Å²) in [6.07, 6.45) is 3.14. The number of aryl methyl sites for hydroxylation is 2. The van der Waals surface area contributed by atoms with Gasteiger partial charge < -0.3 is 10.6 Å². The molecule has 0 saturated heterocycles. The van der Waals surface area contributed by atoms with Crippen LogP contribution in [0.15, 0.2) is 60.0 Å². The first-order valence-electron chi connectivity index (χ1n) is 10.3. The number of halogens is 1. The van der Waals surface area contributed by atoms with Crippen molar-refractivity contribution in [3.05, 3.63) is 86.8 Å². The number of nitrogens with one attached hydrogen (secondary N) is 2. The first-order valence-corrected chi connectivity index (χ1v) is 11.6. The summed E-state index contributed by atoms with van der Waals surface area (Å²) < 4.78 is 0. The molecule has 0 aliphatic heterocycles. The second-order valence-corrected chi connectivity index (χ2v) is 8.73. The molecule has 0 aliphatic carbocycles. The molecule has 7 heteroatoms. The zero-order valence-corrected chi connectivity index (χ0v) is 19.0. The summed E-state index contributed by atoms with van der Waals surface area (Å²) in [6.45, 7) is 2.55. The molecule has 2 N–H and O–H groups in total. The normalized spacial score (nSPS) is 11.7. The molecule has 0 bridgehead atoms. The molecule has 31 heavy (non-hydrogen) atoms. The lowest BCUT2D eigenvalue weighted by atomic mass is 10.0. The Morgan fingerprint density at radius 1 is 1.06 bits per heavy atom. The summed E-state index contributed by atoms with van der Waals surface area (Å²) in [5, 5.41) is 9.57. The average molecular weight is 456 g/mol. The number of carbonyl (C=O) groups is 2. The van der Waals surface area contributed by atoms with Crippen LogP contribution in [-0.2, 0) is 17.6 Å². The van der Waals surface area contributed by atoms with Gasteiger partial charge in [0.15, 0.2) is 0 Å². The van der Waals surface area contributed by atoms with E-state index < -0.39 is 6.04 Å². The molecule has 0 radical (unpaired) electrons. The highest BCUT2D eigenvalue weighted by molar-refractivity contribution is 7.09. The van der Waals surface area contributed by atoms with Crippen LogP contribution in [-0.4, -0.2) is 29.4 Å². The molecule has 1 heterocycles. The SMILES string of the molecule is Cc1csc(CCCCNC(=O)C(Cc2ccccc2)NC(=O)c2ccc(Cl)cc2)n1. The first kappa shape index (κ1) is 23.0. The van der Waals surface area contributed by atoms with Crippen molar-refractivity contribution in [1.82, 2.24) is 15.6 Å². The van der Waals surface area contributed by atoms with Crippen LogP contribution < -0.4 is 10.6 Å². The van der Waals surface area contributed by atoms with Gasteiger partial charge in [-0.3, -0.25) is 9.59 Å². The Balaban J connectivity index is 1.55. The maximum absolute atomic E-state index is 12.8. The molecule has 3 aromatic rings. The van der Waals surface area contributed by atoms with Gasteiger partial charge in [0.25, 0.3) is 5.91 Å². The Hall–Kier alpha value is -2.70. The van der Waals surface area contributed by atoms with Crippen molar-refractivity contribution in [2.45, 2.75) is 38.6 Å². The van der Waals surface area contributed by atoms with E-state index in [2.05, 4.69) is 21.0 Å². The van der Waals surface area contributed by atoms with Crippen LogP contribution in [0.25, 0.3) is 0 Å². The third kappa shape index (κ3) is 7.49. The van der Waals surface area contributed by atoms with E-state index >= 15 is 0 Å². The lowest BCUT2D eigenvalue weighted by Crippen LogP contribution is -2.48. The monoisotopic (exact) mass is 455 g/mol. The smallest absolute Gasteiger partial charge is 0.251 e. The zero-order valence-electron chi connectivity index (χ0n) is 17.4. The summed E-state index contributed by atoms with van der Waals surface area (Å²) in [5.74, 6) is -0.483. The second-order valence-electron chi connectivity index (χ2n) is 7.35. The largest absolute Gasteiger partial charge is 0.354 e. The fourth-order valence-electron chi connectivity index (χ4n) is 3.16. The number of thiazole rings is 1. The van der Waals surface area contributed by atoms with E-state index in [0.29, 0.717) is 23.6 Å². The number of hydrogen-bond acceptors (Lipinski definition) is 4. The molecule has 1 aromatic heterocycles.